The van der Waals surface area contributed by atoms with E-state index in [1.54, 1.807) is 60.7 Å². The van der Waals surface area contributed by atoms with Crippen LogP contribution in [0.4, 0.5) is 0 Å². The Morgan fingerprint density at radius 2 is 1.23 bits per heavy atom. The van der Waals surface area contributed by atoms with Crippen LogP contribution >= 0.6 is 11.6 Å². The number of hydrogen-bond donors (Lipinski definition) is 1. The fourth-order valence-corrected chi connectivity index (χ4v) is 2.57. The van der Waals surface area contributed by atoms with E-state index in [9.17, 15) is 19.2 Å². The van der Waals surface area contributed by atoms with E-state index in [1.807, 2.05) is 12.1 Å². The summed E-state index contributed by atoms with van der Waals surface area (Å²) in [6, 6.07) is 23.6. The summed E-state index contributed by atoms with van der Waals surface area (Å²) in [5.74, 6) is 0.901. The van der Waals surface area contributed by atoms with Crippen molar-refractivity contribution in [3.63, 3.8) is 0 Å². The highest BCUT2D eigenvalue weighted by Gasteiger charge is 2.08. The quantitative estimate of drug-likeness (QED) is 0.213. The first-order chi connectivity index (χ1) is 17.0. The van der Waals surface area contributed by atoms with Crippen LogP contribution < -0.4 is 0 Å². The fraction of sp³-hybridized carbons (Fsp3) is 0.0769. The van der Waals surface area contributed by atoms with Crippen LogP contribution in [-0.2, 0) is 18.0 Å². The number of carbonyl (C=O) groups excluding carboxylic acids is 4. The Balaban J connectivity index is 0.000000203. The Kier molecular flexibility index (Phi) is 11.4. The molecule has 2 aromatic heterocycles. The van der Waals surface area contributed by atoms with Gasteiger partial charge < -0.3 is 18.7 Å². The topological polar surface area (TPSA) is 124 Å². The lowest BCUT2D eigenvalue weighted by Crippen LogP contribution is -2.04. The lowest BCUT2D eigenvalue weighted by atomic mass is 10.2. The molecular weight excluding hydrogens is 476 g/mol. The molecule has 0 bridgehead atoms. The third kappa shape index (κ3) is 9.63. The second kappa shape index (κ2) is 14.8. The SMILES string of the molecule is O=C(Cl)c1ccccc1.O=Cc1ccc(CO)o1.O=Cc1ccc(COC(=O)c2ccccc2)o1. The molecule has 0 saturated carbocycles. The van der Waals surface area contributed by atoms with Gasteiger partial charge in [0.1, 0.15) is 24.7 Å². The molecule has 1 N–H and O–H groups in total. The van der Waals surface area contributed by atoms with E-state index < -0.39 is 11.2 Å². The first-order valence-electron chi connectivity index (χ1n) is 10.1. The Morgan fingerprint density at radius 1 is 0.743 bits per heavy atom. The number of carbonyl (C=O) groups is 4. The first kappa shape index (κ1) is 27.0. The minimum Gasteiger partial charge on any atom is -0.456 e. The van der Waals surface area contributed by atoms with Gasteiger partial charge in [-0.1, -0.05) is 48.5 Å². The number of ether oxygens (including phenoxy) is 1. The maximum Gasteiger partial charge on any atom is 0.338 e. The zero-order chi connectivity index (χ0) is 25.5. The molecule has 4 rings (SSSR count). The number of halogens is 1. The van der Waals surface area contributed by atoms with Gasteiger partial charge in [0.25, 0.3) is 5.24 Å². The van der Waals surface area contributed by atoms with Gasteiger partial charge in [-0.3, -0.25) is 14.4 Å². The largest absolute Gasteiger partial charge is 0.456 e. The van der Waals surface area contributed by atoms with E-state index in [0.29, 0.717) is 35.2 Å². The number of rotatable bonds is 7. The number of aldehydes is 2. The van der Waals surface area contributed by atoms with Crippen LogP contribution in [0.3, 0.4) is 0 Å². The van der Waals surface area contributed by atoms with Gasteiger partial charge in [-0.25, -0.2) is 4.79 Å². The van der Waals surface area contributed by atoms with E-state index in [-0.39, 0.29) is 24.7 Å². The van der Waals surface area contributed by atoms with Gasteiger partial charge in [-0.2, -0.15) is 0 Å². The molecule has 2 aromatic carbocycles. The summed E-state index contributed by atoms with van der Waals surface area (Å²) in [6.07, 6.45) is 1.20. The molecule has 0 saturated heterocycles. The molecule has 35 heavy (non-hydrogen) atoms. The average molecular weight is 497 g/mol. The zero-order valence-corrected chi connectivity index (χ0v) is 19.1. The molecular formula is C26H21ClO8. The van der Waals surface area contributed by atoms with Crippen LogP contribution in [0.1, 0.15) is 53.3 Å². The lowest BCUT2D eigenvalue weighted by molar-refractivity contribution is 0.0444. The number of furan rings is 2. The number of benzene rings is 2. The smallest absolute Gasteiger partial charge is 0.338 e. The maximum absolute atomic E-state index is 11.6. The summed E-state index contributed by atoms with van der Waals surface area (Å²) in [5, 5.41) is 8.03. The van der Waals surface area contributed by atoms with Crippen LogP contribution in [0.2, 0.25) is 0 Å². The summed E-state index contributed by atoms with van der Waals surface area (Å²) in [7, 11) is 0. The van der Waals surface area contributed by atoms with Gasteiger partial charge in [-0.15, -0.1) is 0 Å². The predicted molar refractivity (Wildman–Crippen MR) is 126 cm³/mol. The molecule has 2 heterocycles. The van der Waals surface area contributed by atoms with Crippen molar-refractivity contribution in [1.29, 1.82) is 0 Å². The number of aliphatic hydroxyl groups excluding tert-OH is 1. The zero-order valence-electron chi connectivity index (χ0n) is 18.3. The molecule has 0 fully saturated rings. The second-order valence-electron chi connectivity index (χ2n) is 6.58. The molecule has 0 aliphatic rings. The highest BCUT2D eigenvalue weighted by atomic mass is 35.5. The normalized spacial score (nSPS) is 9.54. The summed E-state index contributed by atoms with van der Waals surface area (Å²) < 4.78 is 14.9. The molecule has 4 aromatic rings. The average Bonchev–Trinajstić information content (AvgIpc) is 3.58. The van der Waals surface area contributed by atoms with E-state index in [2.05, 4.69) is 0 Å². The monoisotopic (exact) mass is 496 g/mol. The van der Waals surface area contributed by atoms with E-state index in [0.717, 1.165) is 0 Å². The number of aliphatic hydroxyl groups is 1. The van der Waals surface area contributed by atoms with Crippen LogP contribution in [0.15, 0.2) is 93.8 Å². The maximum atomic E-state index is 11.6. The molecule has 0 unspecified atom stereocenters. The van der Waals surface area contributed by atoms with Crippen molar-refractivity contribution >= 4 is 35.4 Å². The van der Waals surface area contributed by atoms with E-state index in [1.165, 1.54) is 12.1 Å². The van der Waals surface area contributed by atoms with Gasteiger partial charge in [0.15, 0.2) is 24.1 Å². The summed E-state index contributed by atoms with van der Waals surface area (Å²) in [5.41, 5.74) is 1.02. The van der Waals surface area contributed by atoms with E-state index in [4.69, 9.17) is 30.3 Å². The molecule has 0 spiro atoms. The Labute approximate surface area is 205 Å². The van der Waals surface area contributed by atoms with Crippen LogP contribution in [0, 0.1) is 0 Å². The van der Waals surface area contributed by atoms with Crippen LogP contribution in [-0.4, -0.2) is 28.9 Å². The van der Waals surface area contributed by atoms with Gasteiger partial charge in [0.05, 0.1) is 5.56 Å². The molecule has 0 radical (unpaired) electrons. The lowest BCUT2D eigenvalue weighted by Gasteiger charge is -2.02. The van der Waals surface area contributed by atoms with Crippen molar-refractivity contribution in [2.24, 2.45) is 0 Å². The third-order valence-corrected chi connectivity index (χ3v) is 4.33. The van der Waals surface area contributed by atoms with Crippen molar-refractivity contribution < 1.29 is 37.9 Å². The molecule has 0 amide bonds. The number of hydrogen-bond acceptors (Lipinski definition) is 8. The van der Waals surface area contributed by atoms with Gasteiger partial charge >= 0.3 is 5.97 Å². The van der Waals surface area contributed by atoms with Crippen LogP contribution in [0.25, 0.3) is 0 Å². The van der Waals surface area contributed by atoms with Crippen LogP contribution in [0.5, 0.6) is 0 Å². The standard InChI is InChI=1S/C13H10O4.C7H5ClO.C6H6O3/c14-8-11-6-7-12(17-11)9-16-13(15)10-4-2-1-3-5-10;8-7(9)6-4-2-1-3-5-6;7-3-5-1-2-6(4-8)9-5/h1-8H,9H2;1-5H;1-3,8H,4H2. The van der Waals surface area contributed by atoms with E-state index >= 15 is 0 Å². The first-order valence-corrected chi connectivity index (χ1v) is 10.5. The van der Waals surface area contributed by atoms with Gasteiger partial charge in [0.2, 0.25) is 0 Å². The molecule has 0 aliphatic heterocycles. The third-order valence-electron chi connectivity index (χ3n) is 4.11. The predicted octanol–water partition coefficient (Wildman–Crippen LogP) is 5.10. The minimum atomic E-state index is -0.422. The van der Waals surface area contributed by atoms with Crippen molar-refractivity contribution in [3.05, 3.63) is 119 Å². The minimum absolute atomic E-state index is 0.0154. The fourth-order valence-electron chi connectivity index (χ4n) is 2.44. The summed E-state index contributed by atoms with van der Waals surface area (Å²) in [4.78, 5) is 42.3. The van der Waals surface area contributed by atoms with Crippen molar-refractivity contribution in [3.8, 4) is 0 Å². The molecule has 8 nitrogen and oxygen atoms in total. The van der Waals surface area contributed by atoms with Gasteiger partial charge in [0, 0.05) is 5.56 Å². The molecule has 9 heteroatoms. The molecule has 0 aliphatic carbocycles. The summed E-state index contributed by atoms with van der Waals surface area (Å²) >= 11 is 5.16. The van der Waals surface area contributed by atoms with Crippen molar-refractivity contribution in [1.82, 2.24) is 0 Å². The second-order valence-corrected chi connectivity index (χ2v) is 6.93. The Hall–Kier alpha value is -4.27. The Morgan fingerprint density at radius 3 is 1.63 bits per heavy atom. The highest BCUT2D eigenvalue weighted by Crippen LogP contribution is 2.09. The number of esters is 1. The highest BCUT2D eigenvalue weighted by molar-refractivity contribution is 6.67. The Bertz CT molecular complexity index is 1210. The molecule has 180 valence electrons. The molecule has 0 atom stereocenters. The van der Waals surface area contributed by atoms with Gasteiger partial charge in [-0.05, 0) is 48.0 Å². The summed E-state index contributed by atoms with van der Waals surface area (Å²) in [6.45, 7) is -0.143. The van der Waals surface area contributed by atoms with Crippen molar-refractivity contribution in [2.75, 3.05) is 0 Å². The van der Waals surface area contributed by atoms with Crippen molar-refractivity contribution in [2.45, 2.75) is 13.2 Å².